The van der Waals surface area contributed by atoms with Gasteiger partial charge in [-0.2, -0.15) is 0 Å². The van der Waals surface area contributed by atoms with Crippen LogP contribution in [0, 0.1) is 0 Å². The molecule has 2 heterocycles. The second-order valence-electron chi connectivity index (χ2n) is 3.03. The second-order valence-corrected chi connectivity index (χ2v) is 3.90. The van der Waals surface area contributed by atoms with Crippen molar-refractivity contribution in [2.75, 3.05) is 0 Å². The molecule has 0 radical (unpaired) electrons. The van der Waals surface area contributed by atoms with E-state index in [2.05, 4.69) is 4.98 Å². The second kappa shape index (κ2) is 3.30. The highest BCUT2D eigenvalue weighted by Gasteiger charge is 2.02. The van der Waals surface area contributed by atoms with E-state index in [1.54, 1.807) is 18.3 Å². The van der Waals surface area contributed by atoms with Gasteiger partial charge in [0.05, 0.1) is 5.69 Å². The molecule has 0 bridgehead atoms. The maximum absolute atomic E-state index is 10.7. The fourth-order valence-electron chi connectivity index (χ4n) is 1.20. The monoisotopic (exact) mass is 194 g/mol. The zero-order valence-electron chi connectivity index (χ0n) is 7.36. The lowest BCUT2D eigenvalue weighted by molar-refractivity contribution is -0.116. The molecule has 0 saturated heterocycles. The summed E-state index contributed by atoms with van der Waals surface area (Å²) in [5.41, 5.74) is 1.00. The number of aromatic nitrogens is 2. The predicted octanol–water partition coefficient (Wildman–Crippen LogP) is 1.92. The van der Waals surface area contributed by atoms with Crippen molar-refractivity contribution >= 4 is 22.1 Å². The maximum atomic E-state index is 10.7. The van der Waals surface area contributed by atoms with Crippen molar-refractivity contribution in [2.24, 2.45) is 0 Å². The quantitative estimate of drug-likeness (QED) is 0.748. The topological polar surface area (TPSA) is 34.4 Å². The molecule has 0 aliphatic carbocycles. The molecule has 0 unspecified atom stereocenters. The third kappa shape index (κ3) is 1.78. The first kappa shape index (κ1) is 8.44. The minimum atomic E-state index is 0.219. The summed E-state index contributed by atoms with van der Waals surface area (Å²) in [6.07, 6.45) is 5.30. The Morgan fingerprint density at radius 1 is 1.69 bits per heavy atom. The van der Waals surface area contributed by atoms with Gasteiger partial charge in [-0.3, -0.25) is 4.40 Å². The normalized spacial score (nSPS) is 10.8. The van der Waals surface area contributed by atoms with E-state index < -0.39 is 0 Å². The molecule has 3 nitrogen and oxygen atoms in total. The molecular formula is C9H10N2OS. The van der Waals surface area contributed by atoms with Gasteiger partial charge in [-0.25, -0.2) is 4.98 Å². The van der Waals surface area contributed by atoms with E-state index in [0.717, 1.165) is 17.1 Å². The van der Waals surface area contributed by atoms with Crippen molar-refractivity contribution in [3.8, 4) is 0 Å². The van der Waals surface area contributed by atoms with Crippen LogP contribution in [0.4, 0.5) is 0 Å². The van der Waals surface area contributed by atoms with Gasteiger partial charge in [0.25, 0.3) is 0 Å². The molecule has 2 rings (SSSR count). The fourth-order valence-corrected chi connectivity index (χ4v) is 1.92. The summed E-state index contributed by atoms with van der Waals surface area (Å²) < 4.78 is 1.99. The van der Waals surface area contributed by atoms with Gasteiger partial charge in [-0.15, -0.1) is 11.3 Å². The van der Waals surface area contributed by atoms with E-state index in [9.17, 15) is 4.79 Å². The Bertz CT molecular complexity index is 401. The van der Waals surface area contributed by atoms with E-state index >= 15 is 0 Å². The fraction of sp³-hybridized carbons (Fsp3) is 0.333. The molecule has 2 aromatic rings. The molecule has 0 spiro atoms. The number of Topliss-reactive ketones (excluding diaryl/α,β-unsaturated/α-hetero) is 1. The van der Waals surface area contributed by atoms with E-state index in [1.165, 1.54) is 0 Å². The number of aryl methyl sites for hydroxylation is 1. The third-order valence-corrected chi connectivity index (χ3v) is 2.65. The zero-order chi connectivity index (χ0) is 9.26. The predicted molar refractivity (Wildman–Crippen MR) is 52.1 cm³/mol. The van der Waals surface area contributed by atoms with Crippen LogP contribution in [0.25, 0.3) is 4.96 Å². The van der Waals surface area contributed by atoms with Crippen molar-refractivity contribution in [1.82, 2.24) is 9.38 Å². The Kier molecular flexibility index (Phi) is 2.14. The smallest absolute Gasteiger partial charge is 0.193 e. The lowest BCUT2D eigenvalue weighted by Gasteiger charge is -1.90. The van der Waals surface area contributed by atoms with Crippen LogP contribution in [0.15, 0.2) is 17.8 Å². The highest BCUT2D eigenvalue weighted by atomic mass is 32.1. The summed E-state index contributed by atoms with van der Waals surface area (Å²) in [6, 6.07) is 0. The van der Waals surface area contributed by atoms with Gasteiger partial charge in [0.15, 0.2) is 4.96 Å². The van der Waals surface area contributed by atoms with Gasteiger partial charge in [0, 0.05) is 24.2 Å². The standard InChI is InChI=1S/C9H10N2OS/c1-7(12)2-3-8-6-11-4-5-13-9(11)10-8/h4-6H,2-3H2,1H3. The number of carbonyl (C=O) groups excluding carboxylic acids is 1. The molecule has 0 aliphatic heterocycles. The molecule has 0 atom stereocenters. The molecule has 0 N–H and O–H groups in total. The lowest BCUT2D eigenvalue weighted by Crippen LogP contribution is -1.93. The summed E-state index contributed by atoms with van der Waals surface area (Å²) in [5, 5.41) is 2.00. The number of hydrogen-bond donors (Lipinski definition) is 0. The van der Waals surface area contributed by atoms with Crippen molar-refractivity contribution in [3.63, 3.8) is 0 Å². The van der Waals surface area contributed by atoms with Gasteiger partial charge in [0.1, 0.15) is 5.78 Å². The van der Waals surface area contributed by atoms with Gasteiger partial charge < -0.3 is 4.79 Å². The Morgan fingerprint density at radius 2 is 2.54 bits per heavy atom. The van der Waals surface area contributed by atoms with Crippen LogP contribution >= 0.6 is 11.3 Å². The van der Waals surface area contributed by atoms with Crippen molar-refractivity contribution in [3.05, 3.63) is 23.5 Å². The molecule has 0 aromatic carbocycles. The van der Waals surface area contributed by atoms with Crippen LogP contribution in [0.3, 0.4) is 0 Å². The Balaban J connectivity index is 2.15. The summed E-state index contributed by atoms with van der Waals surface area (Å²) in [7, 11) is 0. The third-order valence-electron chi connectivity index (χ3n) is 1.88. The molecule has 2 aromatic heterocycles. The number of rotatable bonds is 3. The van der Waals surface area contributed by atoms with Gasteiger partial charge >= 0.3 is 0 Å². The number of carbonyl (C=O) groups is 1. The van der Waals surface area contributed by atoms with E-state index in [4.69, 9.17) is 0 Å². The number of nitrogens with zero attached hydrogens (tertiary/aromatic N) is 2. The highest BCUT2D eigenvalue weighted by molar-refractivity contribution is 7.15. The van der Waals surface area contributed by atoms with Crippen molar-refractivity contribution in [2.45, 2.75) is 19.8 Å². The number of thiazole rings is 1. The van der Waals surface area contributed by atoms with Crippen molar-refractivity contribution in [1.29, 1.82) is 0 Å². The molecule has 0 saturated carbocycles. The summed E-state index contributed by atoms with van der Waals surface area (Å²) in [5.74, 6) is 0.219. The molecular weight excluding hydrogens is 184 g/mol. The van der Waals surface area contributed by atoms with Gasteiger partial charge in [-0.05, 0) is 13.3 Å². The van der Waals surface area contributed by atoms with E-state index in [1.807, 2.05) is 22.2 Å². The minimum Gasteiger partial charge on any atom is -0.300 e. The number of hydrogen-bond acceptors (Lipinski definition) is 3. The average molecular weight is 194 g/mol. The molecule has 13 heavy (non-hydrogen) atoms. The number of ketones is 1. The molecule has 4 heteroatoms. The first-order valence-electron chi connectivity index (χ1n) is 4.16. The average Bonchev–Trinajstić information content (AvgIpc) is 2.58. The maximum Gasteiger partial charge on any atom is 0.193 e. The first-order chi connectivity index (χ1) is 6.25. The SMILES string of the molecule is CC(=O)CCc1cn2ccsc2n1. The molecule has 0 fully saturated rings. The largest absolute Gasteiger partial charge is 0.300 e. The zero-order valence-corrected chi connectivity index (χ0v) is 8.17. The summed E-state index contributed by atoms with van der Waals surface area (Å²) >= 11 is 1.61. The molecule has 0 amide bonds. The summed E-state index contributed by atoms with van der Waals surface area (Å²) in [4.78, 5) is 16.1. The Hall–Kier alpha value is -1.16. The Morgan fingerprint density at radius 3 is 3.23 bits per heavy atom. The van der Waals surface area contributed by atoms with Crippen molar-refractivity contribution < 1.29 is 4.79 Å². The summed E-state index contributed by atoms with van der Waals surface area (Å²) in [6.45, 7) is 1.61. The number of imidazole rings is 1. The molecule has 0 aliphatic rings. The number of fused-ring (bicyclic) bond motifs is 1. The van der Waals surface area contributed by atoms with Crippen LogP contribution in [-0.2, 0) is 11.2 Å². The van der Waals surface area contributed by atoms with Crippen LogP contribution in [0.5, 0.6) is 0 Å². The van der Waals surface area contributed by atoms with Crippen LogP contribution < -0.4 is 0 Å². The van der Waals surface area contributed by atoms with E-state index in [0.29, 0.717) is 6.42 Å². The minimum absolute atomic E-state index is 0.219. The van der Waals surface area contributed by atoms with Gasteiger partial charge in [0.2, 0.25) is 0 Å². The Labute approximate surface area is 80.0 Å². The lowest BCUT2D eigenvalue weighted by atomic mass is 10.2. The van der Waals surface area contributed by atoms with Crippen LogP contribution in [0.1, 0.15) is 19.0 Å². The van der Waals surface area contributed by atoms with Crippen LogP contribution in [-0.4, -0.2) is 15.2 Å². The highest BCUT2D eigenvalue weighted by Crippen LogP contribution is 2.12. The van der Waals surface area contributed by atoms with E-state index in [-0.39, 0.29) is 5.78 Å². The van der Waals surface area contributed by atoms with Gasteiger partial charge in [-0.1, -0.05) is 0 Å². The van der Waals surface area contributed by atoms with Crippen LogP contribution in [0.2, 0.25) is 0 Å². The first-order valence-corrected chi connectivity index (χ1v) is 5.04. The molecule has 68 valence electrons.